The minimum Gasteiger partial charge on any atom is -0.399 e. The first-order valence-electron chi connectivity index (χ1n) is 5.39. The zero-order valence-corrected chi connectivity index (χ0v) is 11.3. The molecule has 0 heterocycles. The zero-order chi connectivity index (χ0) is 14.0. The first-order chi connectivity index (χ1) is 8.99. The van der Waals surface area contributed by atoms with E-state index in [0.717, 1.165) is 0 Å². The molecule has 0 unspecified atom stereocenters. The third-order valence-electron chi connectivity index (χ3n) is 2.53. The fraction of sp³-hybridized carbons (Fsp3) is 0. The molecule has 0 atom stereocenters. The van der Waals surface area contributed by atoms with Crippen LogP contribution in [0.15, 0.2) is 36.4 Å². The van der Waals surface area contributed by atoms with E-state index in [4.69, 9.17) is 34.7 Å². The minimum absolute atomic E-state index is 0.274. The van der Waals surface area contributed by atoms with Crippen LogP contribution in [0.4, 0.5) is 17.1 Å². The maximum atomic E-state index is 11.4. The second-order valence-corrected chi connectivity index (χ2v) is 4.71. The Morgan fingerprint density at radius 3 is 2.32 bits per heavy atom. The maximum absolute atomic E-state index is 11.4. The molecule has 2 aromatic rings. The van der Waals surface area contributed by atoms with Crippen LogP contribution in [-0.2, 0) is 0 Å². The molecule has 4 nitrogen and oxygen atoms in total. The fourth-order valence-electron chi connectivity index (χ4n) is 1.63. The van der Waals surface area contributed by atoms with Gasteiger partial charge in [-0.3, -0.25) is 4.79 Å². The Morgan fingerprint density at radius 1 is 1.11 bits per heavy atom. The lowest BCUT2D eigenvalue weighted by atomic mass is 10.1. The van der Waals surface area contributed by atoms with Gasteiger partial charge in [0.15, 0.2) is 0 Å². The second-order valence-electron chi connectivity index (χ2n) is 3.89. The minimum atomic E-state index is -0.585. The number of anilines is 3. The lowest BCUT2D eigenvalue weighted by molar-refractivity contribution is 0.100. The van der Waals surface area contributed by atoms with E-state index in [1.54, 1.807) is 30.3 Å². The Morgan fingerprint density at radius 2 is 1.74 bits per heavy atom. The molecule has 0 spiro atoms. The smallest absolute Gasteiger partial charge is 0.250 e. The van der Waals surface area contributed by atoms with Crippen LogP contribution in [0.25, 0.3) is 0 Å². The highest BCUT2D eigenvalue weighted by Gasteiger charge is 2.12. The highest BCUT2D eigenvalue weighted by atomic mass is 35.5. The number of primary amides is 1. The van der Waals surface area contributed by atoms with E-state index < -0.39 is 5.91 Å². The quantitative estimate of drug-likeness (QED) is 0.759. The Bertz CT molecular complexity index is 624. The lowest BCUT2D eigenvalue weighted by Gasteiger charge is -2.13. The van der Waals surface area contributed by atoms with Gasteiger partial charge in [0, 0.05) is 5.69 Å². The van der Waals surface area contributed by atoms with Crippen molar-refractivity contribution in [2.24, 2.45) is 5.73 Å². The summed E-state index contributed by atoms with van der Waals surface area (Å²) >= 11 is 12.1. The number of benzene rings is 2. The lowest BCUT2D eigenvalue weighted by Crippen LogP contribution is -2.13. The third kappa shape index (κ3) is 2.92. The maximum Gasteiger partial charge on any atom is 0.250 e. The number of nitrogens with one attached hydrogen (secondary N) is 1. The van der Waals surface area contributed by atoms with Crippen LogP contribution in [0, 0.1) is 0 Å². The monoisotopic (exact) mass is 295 g/mol. The SMILES string of the molecule is NC(=O)c1cc(N)ccc1Nc1c(Cl)cccc1Cl. The molecule has 0 aliphatic rings. The number of carbonyl (C=O) groups excluding carboxylic acids is 1. The summed E-state index contributed by atoms with van der Waals surface area (Å²) in [6, 6.07) is 9.91. The van der Waals surface area contributed by atoms with E-state index in [9.17, 15) is 4.79 Å². The molecule has 0 saturated carbocycles. The molecule has 0 fully saturated rings. The van der Waals surface area contributed by atoms with Crippen LogP contribution >= 0.6 is 23.2 Å². The highest BCUT2D eigenvalue weighted by Crippen LogP contribution is 2.33. The average molecular weight is 296 g/mol. The Kier molecular flexibility index (Phi) is 3.83. The van der Waals surface area contributed by atoms with Crippen molar-refractivity contribution in [2.75, 3.05) is 11.1 Å². The van der Waals surface area contributed by atoms with Crippen molar-refractivity contribution < 1.29 is 4.79 Å². The highest BCUT2D eigenvalue weighted by molar-refractivity contribution is 6.39. The molecule has 0 aliphatic carbocycles. The number of nitrogen functional groups attached to an aromatic ring is 1. The summed E-state index contributed by atoms with van der Waals surface area (Å²) in [6.07, 6.45) is 0. The van der Waals surface area contributed by atoms with Crippen molar-refractivity contribution in [3.8, 4) is 0 Å². The molecule has 2 aromatic carbocycles. The van der Waals surface area contributed by atoms with Gasteiger partial charge in [0.1, 0.15) is 0 Å². The van der Waals surface area contributed by atoms with Crippen LogP contribution in [0.5, 0.6) is 0 Å². The normalized spacial score (nSPS) is 10.2. The van der Waals surface area contributed by atoms with Gasteiger partial charge in [-0.15, -0.1) is 0 Å². The fourth-order valence-corrected chi connectivity index (χ4v) is 2.12. The molecular weight excluding hydrogens is 285 g/mol. The Balaban J connectivity index is 2.47. The van der Waals surface area contributed by atoms with E-state index in [1.807, 2.05) is 0 Å². The number of hydrogen-bond donors (Lipinski definition) is 3. The standard InChI is InChI=1S/C13H11Cl2N3O/c14-9-2-1-3-10(15)12(9)18-11-5-4-7(16)6-8(11)13(17)19/h1-6,18H,16H2,(H2,17,19). The molecule has 0 aliphatic heterocycles. The van der Waals surface area contributed by atoms with Gasteiger partial charge in [0.25, 0.3) is 5.91 Å². The summed E-state index contributed by atoms with van der Waals surface area (Å²) in [5.74, 6) is -0.585. The number of para-hydroxylation sites is 1. The molecule has 0 aromatic heterocycles. The second kappa shape index (κ2) is 5.38. The third-order valence-corrected chi connectivity index (χ3v) is 3.16. The number of rotatable bonds is 3. The van der Waals surface area contributed by atoms with Gasteiger partial charge in [-0.05, 0) is 30.3 Å². The molecule has 0 radical (unpaired) electrons. The van der Waals surface area contributed by atoms with Crippen LogP contribution in [0.3, 0.4) is 0 Å². The van der Waals surface area contributed by atoms with Crippen LogP contribution in [-0.4, -0.2) is 5.91 Å². The number of halogens is 2. The molecule has 19 heavy (non-hydrogen) atoms. The van der Waals surface area contributed by atoms with Crippen molar-refractivity contribution in [1.29, 1.82) is 0 Å². The summed E-state index contributed by atoms with van der Waals surface area (Å²) < 4.78 is 0. The molecule has 0 bridgehead atoms. The summed E-state index contributed by atoms with van der Waals surface area (Å²) in [7, 11) is 0. The molecule has 2 rings (SSSR count). The van der Waals surface area contributed by atoms with Crippen molar-refractivity contribution in [2.45, 2.75) is 0 Å². The predicted octanol–water partition coefficient (Wildman–Crippen LogP) is 3.42. The van der Waals surface area contributed by atoms with Crippen molar-refractivity contribution in [1.82, 2.24) is 0 Å². The molecular formula is C13H11Cl2N3O. The predicted molar refractivity (Wildman–Crippen MR) is 79.1 cm³/mol. The summed E-state index contributed by atoms with van der Waals surface area (Å²) in [5, 5.41) is 3.89. The topological polar surface area (TPSA) is 81.1 Å². The number of hydrogen-bond acceptors (Lipinski definition) is 3. The Hall–Kier alpha value is -1.91. The van der Waals surface area contributed by atoms with Crippen molar-refractivity contribution >= 4 is 46.2 Å². The van der Waals surface area contributed by atoms with E-state index in [-0.39, 0.29) is 5.56 Å². The molecule has 5 N–H and O–H groups in total. The first kappa shape index (κ1) is 13.5. The van der Waals surface area contributed by atoms with Gasteiger partial charge in [-0.2, -0.15) is 0 Å². The number of carbonyl (C=O) groups is 1. The average Bonchev–Trinajstić information content (AvgIpc) is 2.35. The summed E-state index contributed by atoms with van der Waals surface area (Å²) in [4.78, 5) is 11.4. The Labute approximate surface area is 120 Å². The van der Waals surface area contributed by atoms with Gasteiger partial charge >= 0.3 is 0 Å². The zero-order valence-electron chi connectivity index (χ0n) is 9.78. The van der Waals surface area contributed by atoms with E-state index in [1.165, 1.54) is 6.07 Å². The van der Waals surface area contributed by atoms with E-state index >= 15 is 0 Å². The van der Waals surface area contributed by atoms with Gasteiger partial charge in [0.2, 0.25) is 0 Å². The number of nitrogens with two attached hydrogens (primary N) is 2. The van der Waals surface area contributed by atoms with Crippen molar-refractivity contribution in [3.63, 3.8) is 0 Å². The van der Waals surface area contributed by atoms with Gasteiger partial charge in [-0.1, -0.05) is 29.3 Å². The van der Waals surface area contributed by atoms with Gasteiger partial charge in [0.05, 0.1) is 27.0 Å². The largest absolute Gasteiger partial charge is 0.399 e. The van der Waals surface area contributed by atoms with Crippen LogP contribution in [0.2, 0.25) is 10.0 Å². The van der Waals surface area contributed by atoms with E-state index in [0.29, 0.717) is 27.1 Å². The van der Waals surface area contributed by atoms with Gasteiger partial charge in [-0.25, -0.2) is 0 Å². The van der Waals surface area contributed by atoms with Crippen LogP contribution in [0.1, 0.15) is 10.4 Å². The summed E-state index contributed by atoms with van der Waals surface area (Å²) in [5.41, 5.74) is 12.7. The first-order valence-corrected chi connectivity index (χ1v) is 6.15. The summed E-state index contributed by atoms with van der Waals surface area (Å²) in [6.45, 7) is 0. The van der Waals surface area contributed by atoms with Gasteiger partial charge < -0.3 is 16.8 Å². The molecule has 0 saturated heterocycles. The molecule has 1 amide bonds. The van der Waals surface area contributed by atoms with E-state index in [2.05, 4.69) is 5.32 Å². The van der Waals surface area contributed by atoms with Crippen LogP contribution < -0.4 is 16.8 Å². The molecule has 98 valence electrons. The van der Waals surface area contributed by atoms with Crippen molar-refractivity contribution in [3.05, 3.63) is 52.0 Å². The number of amides is 1. The molecule has 6 heteroatoms.